The average Bonchev–Trinajstić information content (AvgIpc) is 2.91. The van der Waals surface area contributed by atoms with E-state index in [1.54, 1.807) is 17.9 Å². The zero-order valence-corrected chi connectivity index (χ0v) is 13.7. The Balaban J connectivity index is 2.06. The van der Waals surface area contributed by atoms with Crippen molar-refractivity contribution in [1.82, 2.24) is 18.4 Å². The van der Waals surface area contributed by atoms with Crippen molar-refractivity contribution in [2.75, 3.05) is 33.3 Å². The molecule has 8 heteroatoms. The molecule has 0 amide bonds. The standard InChI is InChI=1S/C13H24N4O3S/c1-4-5-6-16(3)21(18,19)17-7-8-20-13(11-17)12-9-14-15(2)10-12/h9-10,13H,4-8,11H2,1-3H3/t13-/m0/s1. The first-order valence-electron chi connectivity index (χ1n) is 7.26. The van der Waals surface area contributed by atoms with E-state index in [-0.39, 0.29) is 6.10 Å². The Hall–Kier alpha value is -0.960. The average molecular weight is 316 g/mol. The number of ether oxygens (including phenoxy) is 1. The fourth-order valence-electron chi connectivity index (χ4n) is 2.34. The molecule has 1 saturated heterocycles. The van der Waals surface area contributed by atoms with Gasteiger partial charge < -0.3 is 4.74 Å². The van der Waals surface area contributed by atoms with E-state index in [0.717, 1.165) is 18.4 Å². The molecule has 0 aromatic carbocycles. The van der Waals surface area contributed by atoms with E-state index < -0.39 is 10.2 Å². The number of hydrogen-bond acceptors (Lipinski definition) is 4. The smallest absolute Gasteiger partial charge is 0.281 e. The van der Waals surface area contributed by atoms with Gasteiger partial charge in [-0.15, -0.1) is 0 Å². The molecule has 2 heterocycles. The lowest BCUT2D eigenvalue weighted by Gasteiger charge is -2.34. The van der Waals surface area contributed by atoms with E-state index in [2.05, 4.69) is 5.10 Å². The van der Waals surface area contributed by atoms with Crippen LogP contribution in [0.25, 0.3) is 0 Å². The van der Waals surface area contributed by atoms with Gasteiger partial charge in [0.05, 0.1) is 18.9 Å². The SMILES string of the molecule is CCCCN(C)S(=O)(=O)N1CCO[C@H](c2cnn(C)c2)C1. The molecule has 0 N–H and O–H groups in total. The zero-order valence-electron chi connectivity index (χ0n) is 12.9. The van der Waals surface area contributed by atoms with Crippen LogP contribution in [0.4, 0.5) is 0 Å². The topological polar surface area (TPSA) is 67.7 Å². The van der Waals surface area contributed by atoms with Gasteiger partial charge in [0.15, 0.2) is 0 Å². The molecule has 1 aliphatic heterocycles. The number of aromatic nitrogens is 2. The van der Waals surface area contributed by atoms with Crippen LogP contribution in [0, 0.1) is 0 Å². The predicted octanol–water partition coefficient (Wildman–Crippen LogP) is 0.770. The van der Waals surface area contributed by atoms with Crippen molar-refractivity contribution in [1.29, 1.82) is 0 Å². The Morgan fingerprint density at radius 1 is 1.52 bits per heavy atom. The summed E-state index contributed by atoms with van der Waals surface area (Å²) in [5.74, 6) is 0. The molecule has 0 radical (unpaired) electrons. The Morgan fingerprint density at radius 2 is 2.29 bits per heavy atom. The largest absolute Gasteiger partial charge is 0.371 e. The van der Waals surface area contributed by atoms with Crippen molar-refractivity contribution in [2.24, 2.45) is 7.05 Å². The molecule has 2 rings (SSSR count). The number of rotatable bonds is 6. The molecule has 1 atom stereocenters. The van der Waals surface area contributed by atoms with E-state index in [4.69, 9.17) is 4.74 Å². The summed E-state index contributed by atoms with van der Waals surface area (Å²) in [6.07, 6.45) is 5.18. The van der Waals surface area contributed by atoms with Gasteiger partial charge in [0, 0.05) is 45.5 Å². The van der Waals surface area contributed by atoms with Crippen LogP contribution < -0.4 is 0 Å². The number of unbranched alkanes of at least 4 members (excludes halogenated alkanes) is 1. The van der Waals surface area contributed by atoms with Crippen LogP contribution in [0.15, 0.2) is 12.4 Å². The maximum atomic E-state index is 12.5. The van der Waals surface area contributed by atoms with E-state index in [1.807, 2.05) is 20.2 Å². The second-order valence-electron chi connectivity index (χ2n) is 5.35. The first-order valence-corrected chi connectivity index (χ1v) is 8.66. The highest BCUT2D eigenvalue weighted by molar-refractivity contribution is 7.86. The predicted molar refractivity (Wildman–Crippen MR) is 79.9 cm³/mol. The highest BCUT2D eigenvalue weighted by atomic mass is 32.2. The summed E-state index contributed by atoms with van der Waals surface area (Å²) in [5.41, 5.74) is 0.911. The molecule has 21 heavy (non-hydrogen) atoms. The minimum Gasteiger partial charge on any atom is -0.371 e. The van der Waals surface area contributed by atoms with Crippen molar-refractivity contribution in [2.45, 2.75) is 25.9 Å². The molecule has 7 nitrogen and oxygen atoms in total. The Kier molecular flexibility index (Phi) is 5.37. The number of morpholine rings is 1. The fraction of sp³-hybridized carbons (Fsp3) is 0.769. The van der Waals surface area contributed by atoms with Crippen LogP contribution in [0.5, 0.6) is 0 Å². The molecular formula is C13H24N4O3S. The maximum Gasteiger partial charge on any atom is 0.281 e. The van der Waals surface area contributed by atoms with Crippen molar-refractivity contribution in [3.63, 3.8) is 0 Å². The van der Waals surface area contributed by atoms with Crippen LogP contribution in [0.3, 0.4) is 0 Å². The van der Waals surface area contributed by atoms with Crippen LogP contribution in [0.1, 0.15) is 31.4 Å². The summed E-state index contributed by atoms with van der Waals surface area (Å²) < 4.78 is 35.4. The highest BCUT2D eigenvalue weighted by Gasteiger charge is 2.33. The fourth-order valence-corrected chi connectivity index (χ4v) is 3.72. The third kappa shape index (κ3) is 3.82. The first-order chi connectivity index (χ1) is 9.95. The van der Waals surface area contributed by atoms with Gasteiger partial charge in [-0.25, -0.2) is 0 Å². The lowest BCUT2D eigenvalue weighted by molar-refractivity contribution is -0.00412. The Morgan fingerprint density at radius 3 is 2.90 bits per heavy atom. The molecule has 0 saturated carbocycles. The maximum absolute atomic E-state index is 12.5. The number of hydrogen-bond donors (Lipinski definition) is 0. The van der Waals surface area contributed by atoms with Crippen LogP contribution in [0.2, 0.25) is 0 Å². The number of aryl methyl sites for hydroxylation is 1. The van der Waals surface area contributed by atoms with Gasteiger partial charge in [0.1, 0.15) is 0 Å². The van der Waals surface area contributed by atoms with Gasteiger partial charge in [0.25, 0.3) is 10.2 Å². The van der Waals surface area contributed by atoms with Crippen LogP contribution >= 0.6 is 0 Å². The lowest BCUT2D eigenvalue weighted by Crippen LogP contribution is -2.48. The minimum atomic E-state index is -3.41. The summed E-state index contributed by atoms with van der Waals surface area (Å²) >= 11 is 0. The molecule has 0 aliphatic carbocycles. The first kappa shape index (κ1) is 16.4. The lowest BCUT2D eigenvalue weighted by atomic mass is 10.2. The highest BCUT2D eigenvalue weighted by Crippen LogP contribution is 2.24. The molecule has 0 spiro atoms. The van der Waals surface area contributed by atoms with Gasteiger partial charge in [-0.1, -0.05) is 13.3 Å². The quantitative estimate of drug-likeness (QED) is 0.777. The summed E-state index contributed by atoms with van der Waals surface area (Å²) in [6, 6.07) is 0. The van der Waals surface area contributed by atoms with E-state index in [1.165, 1.54) is 8.61 Å². The summed E-state index contributed by atoms with van der Waals surface area (Å²) in [7, 11) is 0.0622. The van der Waals surface area contributed by atoms with Gasteiger partial charge >= 0.3 is 0 Å². The van der Waals surface area contributed by atoms with Crippen LogP contribution in [-0.4, -0.2) is 60.1 Å². The zero-order chi connectivity index (χ0) is 15.5. The van der Waals surface area contributed by atoms with Crippen molar-refractivity contribution in [3.8, 4) is 0 Å². The van der Waals surface area contributed by atoms with Crippen molar-refractivity contribution < 1.29 is 13.2 Å². The van der Waals surface area contributed by atoms with Crippen molar-refractivity contribution >= 4 is 10.2 Å². The molecule has 0 bridgehead atoms. The molecular weight excluding hydrogens is 292 g/mol. The third-order valence-electron chi connectivity index (χ3n) is 3.67. The normalized spacial score (nSPS) is 21.0. The summed E-state index contributed by atoms with van der Waals surface area (Å²) in [5, 5.41) is 4.11. The summed E-state index contributed by atoms with van der Waals surface area (Å²) in [4.78, 5) is 0. The minimum absolute atomic E-state index is 0.248. The van der Waals surface area contributed by atoms with E-state index in [9.17, 15) is 8.42 Å². The molecule has 1 aromatic rings. The van der Waals surface area contributed by atoms with Gasteiger partial charge in [0.2, 0.25) is 0 Å². The molecule has 1 fully saturated rings. The van der Waals surface area contributed by atoms with Gasteiger partial charge in [-0.05, 0) is 6.42 Å². The van der Waals surface area contributed by atoms with Crippen LogP contribution in [-0.2, 0) is 22.0 Å². The third-order valence-corrected chi connectivity index (χ3v) is 5.63. The number of nitrogens with zero attached hydrogens (tertiary/aromatic N) is 4. The molecule has 1 aliphatic rings. The van der Waals surface area contributed by atoms with Gasteiger partial charge in [-0.2, -0.15) is 22.1 Å². The second kappa shape index (κ2) is 6.87. The van der Waals surface area contributed by atoms with E-state index in [0.29, 0.717) is 26.2 Å². The Labute approximate surface area is 126 Å². The van der Waals surface area contributed by atoms with Crippen molar-refractivity contribution in [3.05, 3.63) is 18.0 Å². The monoisotopic (exact) mass is 316 g/mol. The summed E-state index contributed by atoms with van der Waals surface area (Å²) in [6.45, 7) is 3.74. The van der Waals surface area contributed by atoms with E-state index >= 15 is 0 Å². The molecule has 0 unspecified atom stereocenters. The second-order valence-corrected chi connectivity index (χ2v) is 7.38. The van der Waals surface area contributed by atoms with Gasteiger partial charge in [-0.3, -0.25) is 4.68 Å². The molecule has 1 aromatic heterocycles. The molecule has 120 valence electrons. The Bertz CT molecular complexity index is 558.